The van der Waals surface area contributed by atoms with E-state index < -0.39 is 0 Å². The number of hydrogen-bond donors (Lipinski definition) is 1. The highest BCUT2D eigenvalue weighted by Gasteiger charge is 2.13. The predicted octanol–water partition coefficient (Wildman–Crippen LogP) is 3.36. The Bertz CT molecular complexity index is 952. The van der Waals surface area contributed by atoms with E-state index in [1.54, 1.807) is 10.9 Å². The lowest BCUT2D eigenvalue weighted by Gasteiger charge is -2.11. The lowest BCUT2D eigenvalue weighted by molar-refractivity contribution is 0.102. The first-order valence-electron chi connectivity index (χ1n) is 7.78. The van der Waals surface area contributed by atoms with Crippen molar-refractivity contribution in [3.8, 4) is 5.88 Å². The van der Waals surface area contributed by atoms with Crippen LogP contribution in [0.2, 0.25) is 5.02 Å². The third kappa shape index (κ3) is 3.56. The van der Waals surface area contributed by atoms with E-state index in [-0.39, 0.29) is 17.0 Å². The monoisotopic (exact) mass is 359 g/mol. The Labute approximate surface area is 150 Å². The van der Waals surface area contributed by atoms with Crippen molar-refractivity contribution >= 4 is 34.2 Å². The van der Waals surface area contributed by atoms with E-state index >= 15 is 0 Å². The van der Waals surface area contributed by atoms with Gasteiger partial charge >= 0.3 is 0 Å². The van der Waals surface area contributed by atoms with Crippen molar-refractivity contribution in [2.75, 3.05) is 5.32 Å². The number of pyridine rings is 2. The van der Waals surface area contributed by atoms with E-state index in [0.29, 0.717) is 17.1 Å². The number of nitrogens with one attached hydrogen (secondary N) is 1. The normalized spacial score (nSPS) is 11.1. The quantitative estimate of drug-likeness (QED) is 0.772. The van der Waals surface area contributed by atoms with E-state index in [2.05, 4.69) is 20.4 Å². The maximum Gasteiger partial charge on any atom is 0.257 e. The summed E-state index contributed by atoms with van der Waals surface area (Å²) in [6.07, 6.45) is 2.97. The molecule has 0 bridgehead atoms. The first-order chi connectivity index (χ1) is 11.8. The highest BCUT2D eigenvalue weighted by molar-refractivity contribution is 6.32. The van der Waals surface area contributed by atoms with Gasteiger partial charge in [-0.2, -0.15) is 5.10 Å². The maximum absolute atomic E-state index is 12.4. The number of rotatable bonds is 4. The summed E-state index contributed by atoms with van der Waals surface area (Å²) in [7, 11) is 1.83. The Hall–Kier alpha value is -2.67. The van der Waals surface area contributed by atoms with Crippen LogP contribution >= 0.6 is 11.6 Å². The van der Waals surface area contributed by atoms with E-state index in [1.165, 1.54) is 12.3 Å². The number of carbonyl (C=O) groups excluding carboxylic acids is 1. The number of hydrogen-bond acceptors (Lipinski definition) is 5. The number of fused-ring (bicyclic) bond motifs is 1. The average molecular weight is 360 g/mol. The van der Waals surface area contributed by atoms with Crippen LogP contribution in [0.1, 0.15) is 29.9 Å². The van der Waals surface area contributed by atoms with Gasteiger partial charge in [-0.05, 0) is 32.9 Å². The van der Waals surface area contributed by atoms with Crippen LogP contribution in [0, 0.1) is 6.92 Å². The second kappa shape index (κ2) is 6.68. The molecule has 8 heteroatoms. The lowest BCUT2D eigenvalue weighted by atomic mass is 10.2. The van der Waals surface area contributed by atoms with Gasteiger partial charge < -0.3 is 10.1 Å². The first-order valence-corrected chi connectivity index (χ1v) is 8.16. The van der Waals surface area contributed by atoms with Crippen LogP contribution in [-0.4, -0.2) is 31.8 Å². The van der Waals surface area contributed by atoms with E-state index in [0.717, 1.165) is 16.7 Å². The molecule has 0 aliphatic carbocycles. The molecule has 3 aromatic heterocycles. The lowest BCUT2D eigenvalue weighted by Crippen LogP contribution is -2.13. The van der Waals surface area contributed by atoms with Crippen molar-refractivity contribution in [3.63, 3.8) is 0 Å². The average Bonchev–Trinajstić information content (AvgIpc) is 2.83. The number of aromatic nitrogens is 4. The zero-order chi connectivity index (χ0) is 18.1. The fourth-order valence-electron chi connectivity index (χ4n) is 2.44. The third-order valence-electron chi connectivity index (χ3n) is 3.54. The Morgan fingerprint density at radius 3 is 2.72 bits per heavy atom. The van der Waals surface area contributed by atoms with E-state index in [1.807, 2.05) is 33.9 Å². The molecule has 0 atom stereocenters. The number of anilines is 1. The van der Waals surface area contributed by atoms with Crippen LogP contribution in [0.15, 0.2) is 24.5 Å². The van der Waals surface area contributed by atoms with Crippen LogP contribution in [0.5, 0.6) is 5.88 Å². The molecule has 0 aromatic carbocycles. The van der Waals surface area contributed by atoms with E-state index in [4.69, 9.17) is 16.3 Å². The van der Waals surface area contributed by atoms with Crippen LogP contribution in [-0.2, 0) is 7.05 Å². The van der Waals surface area contributed by atoms with Crippen molar-refractivity contribution in [3.05, 3.63) is 40.8 Å². The number of ether oxygens (including phenoxy) is 1. The van der Waals surface area contributed by atoms with Gasteiger partial charge in [0.15, 0.2) is 5.65 Å². The molecule has 0 spiro atoms. The summed E-state index contributed by atoms with van der Waals surface area (Å²) in [5.41, 5.74) is 2.52. The molecule has 0 aliphatic rings. The largest absolute Gasteiger partial charge is 0.474 e. The van der Waals surface area contributed by atoms with Crippen molar-refractivity contribution in [2.45, 2.75) is 26.9 Å². The Morgan fingerprint density at radius 1 is 1.28 bits per heavy atom. The maximum atomic E-state index is 12.4. The molecule has 7 nitrogen and oxygen atoms in total. The summed E-state index contributed by atoms with van der Waals surface area (Å²) < 4.78 is 7.17. The number of halogens is 1. The predicted molar refractivity (Wildman–Crippen MR) is 96.2 cm³/mol. The Morgan fingerprint density at radius 2 is 2.04 bits per heavy atom. The molecular formula is C17H18ClN5O2. The third-order valence-corrected chi connectivity index (χ3v) is 3.81. The first kappa shape index (κ1) is 17.2. The summed E-state index contributed by atoms with van der Waals surface area (Å²) in [5.74, 6) is -0.0181. The van der Waals surface area contributed by atoms with Crippen LogP contribution < -0.4 is 10.1 Å². The van der Waals surface area contributed by atoms with Gasteiger partial charge in [0.1, 0.15) is 5.02 Å². The van der Waals surface area contributed by atoms with Gasteiger partial charge in [0.25, 0.3) is 5.91 Å². The molecule has 0 aliphatic heterocycles. The van der Waals surface area contributed by atoms with Crippen LogP contribution in [0.4, 0.5) is 5.69 Å². The molecule has 0 fully saturated rings. The highest BCUT2D eigenvalue weighted by atomic mass is 35.5. The zero-order valence-corrected chi connectivity index (χ0v) is 15.1. The molecule has 3 heterocycles. The molecule has 0 saturated carbocycles. The van der Waals surface area contributed by atoms with Gasteiger partial charge in [0.05, 0.1) is 29.2 Å². The van der Waals surface area contributed by atoms with Gasteiger partial charge in [0, 0.05) is 18.6 Å². The highest BCUT2D eigenvalue weighted by Crippen LogP contribution is 2.24. The van der Waals surface area contributed by atoms with Gasteiger partial charge in [-0.1, -0.05) is 11.6 Å². The van der Waals surface area contributed by atoms with Crippen LogP contribution in [0.25, 0.3) is 11.0 Å². The van der Waals surface area contributed by atoms with Crippen LogP contribution in [0.3, 0.4) is 0 Å². The molecule has 0 unspecified atom stereocenters. The SMILES string of the molecule is Cc1nn(C)c2ncc(NC(=O)c3cnc(OC(C)C)c(Cl)c3)cc12. The van der Waals surface area contributed by atoms with Gasteiger partial charge in [-0.25, -0.2) is 9.97 Å². The van der Waals surface area contributed by atoms with Gasteiger partial charge in [-0.3, -0.25) is 9.48 Å². The molecule has 0 radical (unpaired) electrons. The number of nitrogens with zero attached hydrogens (tertiary/aromatic N) is 4. The molecule has 1 N–H and O–H groups in total. The summed E-state index contributed by atoms with van der Waals surface area (Å²) in [5, 5.41) is 8.29. The number of aryl methyl sites for hydroxylation is 2. The van der Waals surface area contributed by atoms with Crippen molar-refractivity contribution in [1.29, 1.82) is 0 Å². The fraction of sp³-hybridized carbons (Fsp3) is 0.294. The van der Waals surface area contributed by atoms with Gasteiger partial charge in [-0.15, -0.1) is 0 Å². The number of amides is 1. The minimum Gasteiger partial charge on any atom is -0.474 e. The molecule has 130 valence electrons. The molecule has 0 saturated heterocycles. The number of carbonyl (C=O) groups is 1. The minimum atomic E-state index is -0.326. The second-order valence-corrected chi connectivity index (χ2v) is 6.34. The molecule has 25 heavy (non-hydrogen) atoms. The summed E-state index contributed by atoms with van der Waals surface area (Å²) in [4.78, 5) is 20.9. The van der Waals surface area contributed by atoms with E-state index in [9.17, 15) is 4.79 Å². The summed E-state index contributed by atoms with van der Waals surface area (Å²) >= 11 is 6.13. The van der Waals surface area contributed by atoms with Crippen molar-refractivity contribution < 1.29 is 9.53 Å². The van der Waals surface area contributed by atoms with Crippen molar-refractivity contribution in [2.24, 2.45) is 7.05 Å². The smallest absolute Gasteiger partial charge is 0.257 e. The van der Waals surface area contributed by atoms with Crippen molar-refractivity contribution in [1.82, 2.24) is 19.7 Å². The molecule has 1 amide bonds. The standard InChI is InChI=1S/C17H18ClN5O2/c1-9(2)25-17-14(18)5-11(7-20-17)16(24)21-12-6-13-10(3)22-23(4)15(13)19-8-12/h5-9H,1-4H3,(H,21,24). The molecule has 3 rings (SSSR count). The fourth-order valence-corrected chi connectivity index (χ4v) is 2.65. The molecule has 3 aromatic rings. The minimum absolute atomic E-state index is 0.0507. The Balaban J connectivity index is 1.82. The molecular weight excluding hydrogens is 342 g/mol. The summed E-state index contributed by atoms with van der Waals surface area (Å²) in [6.45, 7) is 5.65. The Kier molecular flexibility index (Phi) is 4.59. The summed E-state index contributed by atoms with van der Waals surface area (Å²) in [6, 6.07) is 3.37. The second-order valence-electron chi connectivity index (χ2n) is 5.94. The van der Waals surface area contributed by atoms with Gasteiger partial charge in [0.2, 0.25) is 5.88 Å². The topological polar surface area (TPSA) is 81.9 Å². The zero-order valence-electron chi connectivity index (χ0n) is 14.4.